The highest BCUT2D eigenvalue weighted by Crippen LogP contribution is 2.40. The number of hydrogen-bond donors (Lipinski definition) is 1. The molecule has 2 aliphatic rings. The van der Waals surface area contributed by atoms with Crippen LogP contribution in [0.4, 0.5) is 4.79 Å². The molecule has 5 aromatic carbocycles. The number of benzene rings is 5. The molecule has 5 aromatic rings. The molecular weight excluding hydrogens is 893 g/mol. The van der Waals surface area contributed by atoms with Gasteiger partial charge in [-0.15, -0.1) is 0 Å². The molecule has 0 saturated carbocycles. The van der Waals surface area contributed by atoms with Gasteiger partial charge < -0.3 is 33.0 Å². The SMILES string of the molecule is Cc1ccc(S(=O)(=O)Oc2cc(OCc3ccccc3)c(C(=O)N3Cc4ccc(CN5CCN(CCCCCNC(=O)OC(C)(C)C)CC5)cc4C3)c(OS(=O)(=O)c3ccc(C)cc3)c2)cc1. The molecule has 356 valence electrons. The Morgan fingerprint density at radius 2 is 1.24 bits per heavy atom. The number of aryl methyl sites for hydroxylation is 2. The lowest BCUT2D eigenvalue weighted by atomic mass is 10.1. The van der Waals surface area contributed by atoms with Gasteiger partial charge in [0.2, 0.25) is 0 Å². The Balaban J connectivity index is 1.07. The molecule has 0 bridgehead atoms. The van der Waals surface area contributed by atoms with E-state index in [2.05, 4.69) is 27.2 Å². The number of nitrogens with zero attached hydrogens (tertiary/aromatic N) is 3. The van der Waals surface area contributed by atoms with Crippen LogP contribution in [-0.4, -0.2) is 88.4 Å². The average molecular weight is 953 g/mol. The highest BCUT2D eigenvalue weighted by atomic mass is 32.2. The molecule has 1 fully saturated rings. The van der Waals surface area contributed by atoms with Gasteiger partial charge in [-0.25, -0.2) is 4.79 Å². The van der Waals surface area contributed by atoms with Crippen molar-refractivity contribution in [3.63, 3.8) is 0 Å². The predicted molar refractivity (Wildman–Crippen MR) is 255 cm³/mol. The largest absolute Gasteiger partial charge is 0.488 e. The van der Waals surface area contributed by atoms with Gasteiger partial charge >= 0.3 is 26.3 Å². The molecule has 0 unspecified atom stereocenters. The number of alkyl carbamates (subject to hydrolysis) is 1. The topological polar surface area (TPSA) is 161 Å². The van der Waals surface area contributed by atoms with Gasteiger partial charge in [-0.3, -0.25) is 9.69 Å². The van der Waals surface area contributed by atoms with Crippen LogP contribution >= 0.6 is 0 Å². The minimum Gasteiger partial charge on any atom is -0.488 e. The quantitative estimate of drug-likeness (QED) is 0.0661. The van der Waals surface area contributed by atoms with Crippen LogP contribution in [0.25, 0.3) is 0 Å². The monoisotopic (exact) mass is 952 g/mol. The molecule has 2 aliphatic heterocycles. The Bertz CT molecular complexity index is 2740. The van der Waals surface area contributed by atoms with Crippen molar-refractivity contribution in [1.29, 1.82) is 0 Å². The number of piperazine rings is 1. The highest BCUT2D eigenvalue weighted by molar-refractivity contribution is 7.87. The van der Waals surface area contributed by atoms with E-state index in [1.54, 1.807) is 29.2 Å². The van der Waals surface area contributed by atoms with Crippen LogP contribution in [0.3, 0.4) is 0 Å². The van der Waals surface area contributed by atoms with Crippen LogP contribution in [-0.2, 0) is 51.2 Å². The second kappa shape index (κ2) is 21.3. The van der Waals surface area contributed by atoms with E-state index >= 15 is 0 Å². The third-order valence-corrected chi connectivity index (χ3v) is 14.0. The summed E-state index contributed by atoms with van der Waals surface area (Å²) in [6, 6.07) is 29.9. The van der Waals surface area contributed by atoms with E-state index in [-0.39, 0.29) is 52.6 Å². The lowest BCUT2D eigenvalue weighted by Crippen LogP contribution is -2.46. The average Bonchev–Trinajstić information content (AvgIpc) is 3.71. The zero-order chi connectivity index (χ0) is 47.8. The summed E-state index contributed by atoms with van der Waals surface area (Å²) in [5, 5.41) is 2.83. The van der Waals surface area contributed by atoms with E-state index in [4.69, 9.17) is 17.8 Å². The molecule has 0 aromatic heterocycles. The van der Waals surface area contributed by atoms with E-state index in [0.29, 0.717) is 6.54 Å². The van der Waals surface area contributed by atoms with Crippen molar-refractivity contribution in [1.82, 2.24) is 20.0 Å². The van der Waals surface area contributed by atoms with Gasteiger partial charge in [-0.1, -0.05) is 90.3 Å². The van der Waals surface area contributed by atoms with Crippen LogP contribution in [0.5, 0.6) is 17.2 Å². The number of ether oxygens (including phenoxy) is 2. The second-order valence-electron chi connectivity index (χ2n) is 18.1. The maximum atomic E-state index is 14.9. The molecule has 0 atom stereocenters. The molecule has 16 heteroatoms. The number of rotatable bonds is 18. The van der Waals surface area contributed by atoms with Gasteiger partial charge in [-0.05, 0) is 101 Å². The first-order valence-electron chi connectivity index (χ1n) is 22.6. The van der Waals surface area contributed by atoms with Crippen LogP contribution in [0.2, 0.25) is 0 Å². The Morgan fingerprint density at radius 3 is 1.88 bits per heavy atom. The van der Waals surface area contributed by atoms with Crippen molar-refractivity contribution in [2.24, 2.45) is 0 Å². The molecule has 14 nitrogen and oxygen atoms in total. The number of carbonyl (C=O) groups is 2. The van der Waals surface area contributed by atoms with Crippen LogP contribution in [0.1, 0.15) is 83.8 Å². The lowest BCUT2D eigenvalue weighted by molar-refractivity contribution is 0.0526. The molecule has 67 heavy (non-hydrogen) atoms. The van der Waals surface area contributed by atoms with Gasteiger partial charge in [0.25, 0.3) is 5.91 Å². The Labute approximate surface area is 395 Å². The number of fused-ring (bicyclic) bond motifs is 1. The number of unbranched alkanes of at least 4 members (excludes halogenated alkanes) is 2. The summed E-state index contributed by atoms with van der Waals surface area (Å²) < 4.78 is 78.0. The van der Waals surface area contributed by atoms with Gasteiger partial charge in [0.15, 0.2) is 5.75 Å². The number of hydrogen-bond acceptors (Lipinski definition) is 12. The summed E-state index contributed by atoms with van der Waals surface area (Å²) in [5.41, 5.74) is 4.75. The minimum absolute atomic E-state index is 0.0353. The van der Waals surface area contributed by atoms with Crippen molar-refractivity contribution in [3.05, 3.63) is 148 Å². The molecule has 0 spiro atoms. The fourth-order valence-corrected chi connectivity index (χ4v) is 9.76. The maximum absolute atomic E-state index is 14.9. The van der Waals surface area contributed by atoms with E-state index < -0.39 is 37.5 Å². The summed E-state index contributed by atoms with van der Waals surface area (Å²) in [5.74, 6) is -1.45. The predicted octanol–water partition coefficient (Wildman–Crippen LogP) is 8.39. The molecule has 7 rings (SSSR count). The normalized spacial score (nSPS) is 14.6. The van der Waals surface area contributed by atoms with Gasteiger partial charge in [0.05, 0.1) is 0 Å². The Morgan fingerprint density at radius 1 is 0.642 bits per heavy atom. The van der Waals surface area contributed by atoms with Crippen molar-refractivity contribution >= 4 is 32.2 Å². The number of amides is 2. The van der Waals surface area contributed by atoms with Gasteiger partial charge in [0, 0.05) is 64.5 Å². The molecule has 1 N–H and O–H groups in total. The maximum Gasteiger partial charge on any atom is 0.407 e. The molecule has 1 saturated heterocycles. The fraction of sp³-hybridized carbons (Fsp3) is 0.373. The zero-order valence-electron chi connectivity index (χ0n) is 38.8. The first kappa shape index (κ1) is 49.0. The van der Waals surface area contributed by atoms with Crippen molar-refractivity contribution in [3.8, 4) is 17.2 Å². The summed E-state index contributed by atoms with van der Waals surface area (Å²) in [7, 11) is -8.98. The molecule has 2 amide bonds. The van der Waals surface area contributed by atoms with Crippen LogP contribution in [0.15, 0.2) is 119 Å². The lowest BCUT2D eigenvalue weighted by Gasteiger charge is -2.34. The smallest absolute Gasteiger partial charge is 0.407 e. The third-order valence-electron chi connectivity index (χ3n) is 11.5. The number of nitrogens with one attached hydrogen (secondary N) is 1. The summed E-state index contributed by atoms with van der Waals surface area (Å²) >= 11 is 0. The van der Waals surface area contributed by atoms with Crippen LogP contribution in [0, 0.1) is 13.8 Å². The van der Waals surface area contributed by atoms with Crippen molar-refractivity contribution < 1.29 is 44.3 Å². The van der Waals surface area contributed by atoms with Gasteiger partial charge in [-0.2, -0.15) is 16.8 Å². The minimum atomic E-state index is -4.56. The summed E-state index contributed by atoms with van der Waals surface area (Å²) in [4.78, 5) is 33.0. The number of carbonyl (C=O) groups excluding carboxylic acids is 2. The standard InChI is InChI=1S/C51H60N4O10S2/c1-37-14-20-44(21-15-37)66(58,59)64-43-31-46(62-36-39-12-8-6-9-13-39)48(47(32-43)65-67(60,61)45-22-16-38(2)17-23-45)49(56)55-34-41-19-18-40(30-42(41)35-55)33-54-28-26-53(27-29-54)25-11-7-10-24-52-50(57)63-51(3,4)5/h6,8-9,12-23,30-32H,7,10-11,24-29,33-36H2,1-5H3,(H,52,57). The first-order chi connectivity index (χ1) is 31.9. The molecular formula is C51H60N4O10S2. The first-order valence-corrected chi connectivity index (χ1v) is 25.4. The Kier molecular flexibility index (Phi) is 15.6. The summed E-state index contributed by atoms with van der Waals surface area (Å²) in [6.45, 7) is 15.8. The molecule has 0 radical (unpaired) electrons. The van der Waals surface area contributed by atoms with Crippen molar-refractivity contribution in [2.75, 3.05) is 39.3 Å². The summed E-state index contributed by atoms with van der Waals surface area (Å²) in [6.07, 6.45) is 2.60. The van der Waals surface area contributed by atoms with E-state index in [1.165, 1.54) is 30.3 Å². The van der Waals surface area contributed by atoms with E-state index in [0.717, 1.165) is 98.0 Å². The van der Waals surface area contributed by atoms with Gasteiger partial charge in [0.1, 0.15) is 39.1 Å². The third kappa shape index (κ3) is 13.6. The highest BCUT2D eigenvalue weighted by Gasteiger charge is 2.33. The second-order valence-corrected chi connectivity index (χ2v) is 21.2. The zero-order valence-corrected chi connectivity index (χ0v) is 40.5. The van der Waals surface area contributed by atoms with E-state index in [1.807, 2.05) is 71.0 Å². The molecule has 0 aliphatic carbocycles. The fourth-order valence-electron chi connectivity index (χ4n) is 7.91. The van der Waals surface area contributed by atoms with E-state index in [9.17, 15) is 26.4 Å². The van der Waals surface area contributed by atoms with Crippen molar-refractivity contribution in [2.45, 2.75) is 95.5 Å². The van der Waals surface area contributed by atoms with Crippen LogP contribution < -0.4 is 18.4 Å². The molecule has 2 heterocycles. The Hall–Kier alpha value is -5.94.